The van der Waals surface area contributed by atoms with Gasteiger partial charge in [0.2, 0.25) is 0 Å². The van der Waals surface area contributed by atoms with E-state index >= 15 is 0 Å². The van der Waals surface area contributed by atoms with Gasteiger partial charge in [-0.2, -0.15) is 5.26 Å². The Kier molecular flexibility index (Phi) is 5.12. The van der Waals surface area contributed by atoms with Crippen molar-refractivity contribution in [1.29, 1.82) is 5.26 Å². The van der Waals surface area contributed by atoms with Crippen molar-refractivity contribution in [3.8, 4) is 17.2 Å². The molecule has 152 valence electrons. The average Bonchev–Trinajstić information content (AvgIpc) is 2.77. The van der Waals surface area contributed by atoms with Crippen LogP contribution in [0.25, 0.3) is 21.9 Å². The van der Waals surface area contributed by atoms with E-state index in [1.807, 2.05) is 30.6 Å². The molecule has 0 spiro atoms. The van der Waals surface area contributed by atoms with Gasteiger partial charge in [-0.15, -0.1) is 0 Å². The number of piperidine rings is 1. The van der Waals surface area contributed by atoms with E-state index in [1.165, 1.54) is 18.5 Å². The smallest absolute Gasteiger partial charge is 0.0991 e. The van der Waals surface area contributed by atoms with Crippen molar-refractivity contribution in [2.24, 2.45) is 0 Å². The molecule has 5 rings (SSSR count). The molecule has 2 saturated heterocycles. The number of nitriles is 1. The van der Waals surface area contributed by atoms with Crippen LogP contribution >= 0.6 is 0 Å². The number of likely N-dealkylation sites (N-methyl/N-ethyl adjacent to an activating group) is 1. The molecule has 0 saturated carbocycles. The molecule has 0 atom stereocenters. The maximum atomic E-state index is 9.27. The summed E-state index contributed by atoms with van der Waals surface area (Å²) in [5.41, 5.74) is 4.02. The van der Waals surface area contributed by atoms with E-state index in [-0.39, 0.29) is 0 Å². The predicted molar refractivity (Wildman–Crippen MR) is 121 cm³/mol. The number of pyridine rings is 1. The number of benzene rings is 2. The minimum absolute atomic E-state index is 0.475. The lowest BCUT2D eigenvalue weighted by Crippen LogP contribution is -2.59. The lowest BCUT2D eigenvalue weighted by atomic mass is 9.97. The first kappa shape index (κ1) is 19.0. The Labute approximate surface area is 177 Å². The standard InChI is InChI=1S/C25H27N5/c1-29-16-23(17-29)30-9-6-22(7-10-30)28-25-13-21(12-20-5-8-27-15-24(20)25)19-4-2-3-18(11-19)14-26/h2-5,8,11-13,15,22-23,28H,6-7,9-10,16-17H2,1H3. The summed E-state index contributed by atoms with van der Waals surface area (Å²) in [6.07, 6.45) is 6.12. The van der Waals surface area contributed by atoms with Gasteiger partial charge < -0.3 is 10.2 Å². The van der Waals surface area contributed by atoms with Gasteiger partial charge in [-0.3, -0.25) is 9.88 Å². The number of rotatable bonds is 4. The summed E-state index contributed by atoms with van der Waals surface area (Å²) < 4.78 is 0. The maximum Gasteiger partial charge on any atom is 0.0991 e. The fraction of sp³-hybridized carbons (Fsp3) is 0.360. The summed E-state index contributed by atoms with van der Waals surface area (Å²) in [6, 6.07) is 17.8. The van der Waals surface area contributed by atoms with Gasteiger partial charge in [0.05, 0.1) is 11.6 Å². The van der Waals surface area contributed by atoms with Crippen LogP contribution in [-0.4, -0.2) is 60.1 Å². The van der Waals surface area contributed by atoms with E-state index in [4.69, 9.17) is 0 Å². The van der Waals surface area contributed by atoms with Crippen LogP contribution in [0.4, 0.5) is 5.69 Å². The molecule has 0 amide bonds. The van der Waals surface area contributed by atoms with Gasteiger partial charge in [-0.05, 0) is 66.7 Å². The highest BCUT2D eigenvalue weighted by molar-refractivity contribution is 5.97. The van der Waals surface area contributed by atoms with Gasteiger partial charge in [-0.25, -0.2) is 0 Å². The first-order valence-electron chi connectivity index (χ1n) is 10.8. The number of aromatic nitrogens is 1. The molecule has 0 aliphatic carbocycles. The third kappa shape index (κ3) is 3.77. The number of likely N-dealkylation sites (tertiary alicyclic amines) is 2. The van der Waals surface area contributed by atoms with E-state index in [0.29, 0.717) is 11.6 Å². The van der Waals surface area contributed by atoms with Crippen LogP contribution in [0.5, 0.6) is 0 Å². The molecular formula is C25H27N5. The Bertz CT molecular complexity index is 1090. The molecule has 0 bridgehead atoms. The zero-order valence-electron chi connectivity index (χ0n) is 17.4. The molecule has 1 aromatic heterocycles. The topological polar surface area (TPSA) is 55.2 Å². The van der Waals surface area contributed by atoms with E-state index in [0.717, 1.165) is 54.2 Å². The highest BCUT2D eigenvalue weighted by Gasteiger charge is 2.31. The number of hydrogen-bond donors (Lipinski definition) is 1. The lowest BCUT2D eigenvalue weighted by molar-refractivity contribution is 0.0381. The second kappa shape index (κ2) is 8.06. The summed E-state index contributed by atoms with van der Waals surface area (Å²) in [5, 5.41) is 15.4. The van der Waals surface area contributed by atoms with Crippen molar-refractivity contribution < 1.29 is 0 Å². The number of hydrogen-bond acceptors (Lipinski definition) is 5. The van der Waals surface area contributed by atoms with Crippen molar-refractivity contribution in [3.63, 3.8) is 0 Å². The summed E-state index contributed by atoms with van der Waals surface area (Å²) in [6.45, 7) is 4.74. The summed E-state index contributed by atoms with van der Waals surface area (Å²) >= 11 is 0. The van der Waals surface area contributed by atoms with E-state index < -0.39 is 0 Å². The molecular weight excluding hydrogens is 370 g/mol. The molecule has 5 heteroatoms. The Morgan fingerprint density at radius 3 is 2.67 bits per heavy atom. The Morgan fingerprint density at radius 2 is 1.90 bits per heavy atom. The van der Waals surface area contributed by atoms with Gasteiger partial charge in [0, 0.05) is 61.7 Å². The first-order chi connectivity index (χ1) is 14.7. The van der Waals surface area contributed by atoms with Crippen LogP contribution in [0.1, 0.15) is 18.4 Å². The van der Waals surface area contributed by atoms with Gasteiger partial charge >= 0.3 is 0 Å². The SMILES string of the molecule is CN1CC(N2CCC(Nc3cc(-c4cccc(C#N)c4)cc4ccncc34)CC2)C1. The van der Waals surface area contributed by atoms with E-state index in [9.17, 15) is 5.26 Å². The van der Waals surface area contributed by atoms with Crippen molar-refractivity contribution in [1.82, 2.24) is 14.8 Å². The second-order valence-corrected chi connectivity index (χ2v) is 8.64. The fourth-order valence-corrected chi connectivity index (χ4v) is 4.78. The molecule has 5 nitrogen and oxygen atoms in total. The molecule has 0 unspecified atom stereocenters. The number of nitrogens with one attached hydrogen (secondary N) is 1. The van der Waals surface area contributed by atoms with Crippen LogP contribution in [-0.2, 0) is 0 Å². The third-order valence-corrected chi connectivity index (χ3v) is 6.53. The van der Waals surface area contributed by atoms with Crippen LogP contribution in [0, 0.1) is 11.3 Å². The molecule has 1 N–H and O–H groups in total. The number of fused-ring (bicyclic) bond motifs is 1. The first-order valence-corrected chi connectivity index (χ1v) is 10.8. The molecule has 30 heavy (non-hydrogen) atoms. The number of anilines is 1. The Balaban J connectivity index is 1.39. The summed E-state index contributed by atoms with van der Waals surface area (Å²) in [4.78, 5) is 9.41. The molecule has 3 heterocycles. The minimum Gasteiger partial charge on any atom is -0.382 e. The molecule has 2 aliphatic rings. The molecule has 2 aliphatic heterocycles. The summed E-state index contributed by atoms with van der Waals surface area (Å²) in [7, 11) is 2.20. The zero-order chi connectivity index (χ0) is 20.5. The van der Waals surface area contributed by atoms with Gasteiger partial charge in [0.25, 0.3) is 0 Å². The zero-order valence-corrected chi connectivity index (χ0v) is 17.4. The predicted octanol–water partition coefficient (Wildman–Crippen LogP) is 3.96. The largest absolute Gasteiger partial charge is 0.382 e. The molecule has 2 fully saturated rings. The highest BCUT2D eigenvalue weighted by atomic mass is 15.3. The van der Waals surface area contributed by atoms with Crippen LogP contribution in [0.2, 0.25) is 0 Å². The minimum atomic E-state index is 0.475. The highest BCUT2D eigenvalue weighted by Crippen LogP contribution is 2.32. The van der Waals surface area contributed by atoms with Crippen LogP contribution < -0.4 is 5.32 Å². The van der Waals surface area contributed by atoms with E-state index in [1.54, 1.807) is 0 Å². The average molecular weight is 398 g/mol. The van der Waals surface area contributed by atoms with Crippen molar-refractivity contribution in [2.45, 2.75) is 24.9 Å². The normalized spacial score (nSPS) is 18.8. The lowest BCUT2D eigenvalue weighted by Gasteiger charge is -2.46. The molecule has 3 aromatic rings. The van der Waals surface area contributed by atoms with Gasteiger partial charge in [0.15, 0.2) is 0 Å². The fourth-order valence-electron chi connectivity index (χ4n) is 4.78. The van der Waals surface area contributed by atoms with Gasteiger partial charge in [-0.1, -0.05) is 12.1 Å². The quantitative estimate of drug-likeness (QED) is 0.722. The van der Waals surface area contributed by atoms with Crippen molar-refractivity contribution in [3.05, 3.63) is 60.4 Å². The van der Waals surface area contributed by atoms with Crippen LogP contribution in [0.15, 0.2) is 54.9 Å². The Morgan fingerprint density at radius 1 is 1.07 bits per heavy atom. The van der Waals surface area contributed by atoms with Gasteiger partial charge in [0.1, 0.15) is 0 Å². The second-order valence-electron chi connectivity index (χ2n) is 8.64. The van der Waals surface area contributed by atoms with Crippen molar-refractivity contribution in [2.75, 3.05) is 38.5 Å². The number of nitrogens with zero attached hydrogens (tertiary/aromatic N) is 4. The van der Waals surface area contributed by atoms with E-state index in [2.05, 4.69) is 57.5 Å². The maximum absolute atomic E-state index is 9.27. The summed E-state index contributed by atoms with van der Waals surface area (Å²) in [5.74, 6) is 0. The monoisotopic (exact) mass is 397 g/mol. The Hall–Kier alpha value is -2.94. The molecule has 0 radical (unpaired) electrons. The molecule has 2 aromatic carbocycles. The van der Waals surface area contributed by atoms with Crippen LogP contribution in [0.3, 0.4) is 0 Å². The third-order valence-electron chi connectivity index (χ3n) is 6.53. The van der Waals surface area contributed by atoms with Crippen molar-refractivity contribution >= 4 is 16.5 Å².